The van der Waals surface area contributed by atoms with Crippen LogP contribution in [-0.2, 0) is 0 Å². The van der Waals surface area contributed by atoms with Crippen molar-refractivity contribution in [3.05, 3.63) is 57.6 Å². The van der Waals surface area contributed by atoms with Gasteiger partial charge in [0.15, 0.2) is 0 Å². The fourth-order valence-electron chi connectivity index (χ4n) is 1.78. The average molecular weight is 356 g/mol. The first-order valence-corrected chi connectivity index (χ1v) is 6.75. The molecule has 0 heterocycles. The predicted octanol–water partition coefficient (Wildman–Crippen LogP) is 3.57. The van der Waals surface area contributed by atoms with Gasteiger partial charge in [0, 0.05) is 11.6 Å². The number of halogens is 3. The Hall–Kier alpha value is -1.99. The molecule has 2 aromatic rings. The van der Waals surface area contributed by atoms with Gasteiger partial charge < -0.3 is 10.7 Å². The average Bonchev–Trinajstić information content (AvgIpc) is 2.44. The van der Waals surface area contributed by atoms with Crippen LogP contribution in [0.2, 0.25) is 0 Å². The summed E-state index contributed by atoms with van der Waals surface area (Å²) in [7, 11) is 0. The maximum atomic E-state index is 13.7. The number of rotatable bonds is 3. The largest absolute Gasteiger partial charge is 0.324 e. The molecule has 4 N–H and O–H groups in total. The standard InChI is InChI=1S/C14H12BrF2N3O/c1-7-4-8(2-3-12(7)20-18)14(21)19-13-6-10(16)9(15)5-11(13)17/h2-6,20H,18H2,1H3,(H,19,21). The van der Waals surface area contributed by atoms with Crippen LogP contribution in [0, 0.1) is 18.6 Å². The summed E-state index contributed by atoms with van der Waals surface area (Å²) in [5, 5.41) is 2.33. The number of benzene rings is 2. The van der Waals surface area contributed by atoms with E-state index in [2.05, 4.69) is 26.7 Å². The molecule has 1 amide bonds. The van der Waals surface area contributed by atoms with Crippen molar-refractivity contribution >= 4 is 33.2 Å². The molecule has 0 bridgehead atoms. The zero-order valence-corrected chi connectivity index (χ0v) is 12.6. The fraction of sp³-hybridized carbons (Fsp3) is 0.0714. The molecule has 0 saturated heterocycles. The van der Waals surface area contributed by atoms with Crippen LogP contribution < -0.4 is 16.6 Å². The molecule has 0 atom stereocenters. The molecule has 0 aliphatic carbocycles. The Balaban J connectivity index is 2.26. The van der Waals surface area contributed by atoms with Crippen molar-refractivity contribution in [2.75, 3.05) is 10.7 Å². The van der Waals surface area contributed by atoms with Crippen molar-refractivity contribution < 1.29 is 13.6 Å². The number of amides is 1. The molecule has 2 rings (SSSR count). The van der Waals surface area contributed by atoms with Gasteiger partial charge >= 0.3 is 0 Å². The summed E-state index contributed by atoms with van der Waals surface area (Å²) in [6.45, 7) is 1.77. The van der Waals surface area contributed by atoms with E-state index >= 15 is 0 Å². The highest BCUT2D eigenvalue weighted by atomic mass is 79.9. The Morgan fingerprint density at radius 2 is 1.86 bits per heavy atom. The van der Waals surface area contributed by atoms with Gasteiger partial charge in [-0.25, -0.2) is 8.78 Å². The lowest BCUT2D eigenvalue weighted by molar-refractivity contribution is 0.102. The number of hydrogen-bond donors (Lipinski definition) is 3. The maximum absolute atomic E-state index is 13.7. The third-order valence-corrected chi connectivity index (χ3v) is 3.51. The summed E-state index contributed by atoms with van der Waals surface area (Å²) in [6.07, 6.45) is 0. The van der Waals surface area contributed by atoms with Crippen molar-refractivity contribution in [1.82, 2.24) is 0 Å². The Labute approximate surface area is 128 Å². The minimum Gasteiger partial charge on any atom is -0.324 e. The molecule has 0 aliphatic heterocycles. The number of hydrogen-bond acceptors (Lipinski definition) is 3. The van der Waals surface area contributed by atoms with E-state index in [9.17, 15) is 13.6 Å². The van der Waals surface area contributed by atoms with E-state index in [0.717, 1.165) is 17.7 Å². The molecule has 0 fully saturated rings. The van der Waals surface area contributed by atoms with E-state index in [-0.39, 0.29) is 10.2 Å². The second-order valence-electron chi connectivity index (χ2n) is 4.37. The zero-order valence-electron chi connectivity index (χ0n) is 11.0. The van der Waals surface area contributed by atoms with Gasteiger partial charge in [0.2, 0.25) is 0 Å². The van der Waals surface area contributed by atoms with E-state index in [0.29, 0.717) is 11.3 Å². The van der Waals surface area contributed by atoms with Crippen molar-refractivity contribution in [2.45, 2.75) is 6.92 Å². The van der Waals surface area contributed by atoms with Gasteiger partial charge in [0.1, 0.15) is 11.6 Å². The van der Waals surface area contributed by atoms with E-state index in [4.69, 9.17) is 5.84 Å². The highest BCUT2D eigenvalue weighted by Gasteiger charge is 2.13. The Morgan fingerprint density at radius 3 is 2.48 bits per heavy atom. The van der Waals surface area contributed by atoms with Gasteiger partial charge in [-0.15, -0.1) is 0 Å². The van der Waals surface area contributed by atoms with Crippen molar-refractivity contribution in [3.8, 4) is 0 Å². The molecule has 0 aliphatic rings. The first-order chi connectivity index (χ1) is 9.92. The Morgan fingerprint density at radius 1 is 1.14 bits per heavy atom. The molecular weight excluding hydrogens is 344 g/mol. The molecular formula is C14H12BrF2N3O. The van der Waals surface area contributed by atoms with Crippen molar-refractivity contribution in [2.24, 2.45) is 5.84 Å². The lowest BCUT2D eigenvalue weighted by Crippen LogP contribution is -2.14. The molecule has 4 nitrogen and oxygen atoms in total. The van der Waals surface area contributed by atoms with Crippen LogP contribution in [0.3, 0.4) is 0 Å². The van der Waals surface area contributed by atoms with Crippen LogP contribution in [0.5, 0.6) is 0 Å². The lowest BCUT2D eigenvalue weighted by Gasteiger charge is -2.10. The highest BCUT2D eigenvalue weighted by Crippen LogP contribution is 2.24. The summed E-state index contributed by atoms with van der Waals surface area (Å²) >= 11 is 2.87. The number of carbonyl (C=O) groups is 1. The fourth-order valence-corrected chi connectivity index (χ4v) is 2.10. The van der Waals surface area contributed by atoms with E-state index in [1.807, 2.05) is 0 Å². The van der Waals surface area contributed by atoms with Gasteiger partial charge in [-0.3, -0.25) is 10.6 Å². The van der Waals surface area contributed by atoms with Crippen LogP contribution in [0.25, 0.3) is 0 Å². The Bertz CT molecular complexity index is 707. The van der Waals surface area contributed by atoms with Gasteiger partial charge in [-0.05, 0) is 52.7 Å². The summed E-state index contributed by atoms with van der Waals surface area (Å²) < 4.78 is 27.0. The van der Waals surface area contributed by atoms with Crippen LogP contribution in [-0.4, -0.2) is 5.91 Å². The molecule has 0 unspecified atom stereocenters. The smallest absolute Gasteiger partial charge is 0.255 e. The van der Waals surface area contributed by atoms with Gasteiger partial charge in [0.25, 0.3) is 5.91 Å². The maximum Gasteiger partial charge on any atom is 0.255 e. The number of carbonyl (C=O) groups excluding carboxylic acids is 1. The SMILES string of the molecule is Cc1cc(C(=O)Nc2cc(F)c(Br)cc2F)ccc1NN. The van der Waals surface area contributed by atoms with E-state index in [1.165, 1.54) is 6.07 Å². The third kappa shape index (κ3) is 3.37. The van der Waals surface area contributed by atoms with E-state index < -0.39 is 17.5 Å². The number of hydrazine groups is 1. The molecule has 0 radical (unpaired) electrons. The van der Waals surface area contributed by atoms with Crippen LogP contribution >= 0.6 is 15.9 Å². The second-order valence-corrected chi connectivity index (χ2v) is 5.23. The molecule has 7 heteroatoms. The van der Waals surface area contributed by atoms with Gasteiger partial charge in [0.05, 0.1) is 15.8 Å². The summed E-state index contributed by atoms with van der Waals surface area (Å²) in [5.41, 5.74) is 4.01. The summed E-state index contributed by atoms with van der Waals surface area (Å²) in [5.74, 6) is 3.38. The van der Waals surface area contributed by atoms with Crippen molar-refractivity contribution in [1.29, 1.82) is 0 Å². The number of nitrogen functional groups attached to an aromatic ring is 1. The predicted molar refractivity (Wildman–Crippen MR) is 81.0 cm³/mol. The van der Waals surface area contributed by atoms with Crippen LogP contribution in [0.15, 0.2) is 34.8 Å². The number of anilines is 2. The molecule has 0 spiro atoms. The molecule has 0 saturated carbocycles. The lowest BCUT2D eigenvalue weighted by atomic mass is 10.1. The summed E-state index contributed by atoms with van der Waals surface area (Å²) in [4.78, 5) is 12.1. The minimum atomic E-state index is -0.728. The Kier molecular flexibility index (Phi) is 4.54. The van der Waals surface area contributed by atoms with Crippen LogP contribution in [0.4, 0.5) is 20.2 Å². The van der Waals surface area contributed by atoms with Crippen LogP contribution in [0.1, 0.15) is 15.9 Å². The van der Waals surface area contributed by atoms with Gasteiger partial charge in [-0.1, -0.05) is 0 Å². The van der Waals surface area contributed by atoms with E-state index in [1.54, 1.807) is 19.1 Å². The summed E-state index contributed by atoms with van der Waals surface area (Å²) in [6, 6.07) is 6.63. The normalized spacial score (nSPS) is 10.3. The molecule has 21 heavy (non-hydrogen) atoms. The first kappa shape index (κ1) is 15.4. The minimum absolute atomic E-state index is 0.00721. The van der Waals surface area contributed by atoms with Gasteiger partial charge in [-0.2, -0.15) is 0 Å². The highest BCUT2D eigenvalue weighted by molar-refractivity contribution is 9.10. The first-order valence-electron chi connectivity index (χ1n) is 5.95. The second kappa shape index (κ2) is 6.19. The van der Waals surface area contributed by atoms with Crippen molar-refractivity contribution in [3.63, 3.8) is 0 Å². The number of nitrogens with one attached hydrogen (secondary N) is 2. The topological polar surface area (TPSA) is 67.2 Å². The molecule has 0 aromatic heterocycles. The quantitative estimate of drug-likeness (QED) is 0.448. The molecule has 110 valence electrons. The number of aryl methyl sites for hydroxylation is 1. The zero-order chi connectivity index (χ0) is 15.6. The third-order valence-electron chi connectivity index (χ3n) is 2.90. The monoisotopic (exact) mass is 355 g/mol. The number of nitrogens with two attached hydrogens (primary N) is 1. The molecule has 2 aromatic carbocycles.